The van der Waals surface area contributed by atoms with Crippen molar-refractivity contribution in [3.8, 4) is 5.69 Å². The average Bonchev–Trinajstić information content (AvgIpc) is 3.16. The minimum absolute atomic E-state index is 0.273. The molecule has 0 saturated carbocycles. The molecule has 0 amide bonds. The van der Waals surface area contributed by atoms with Crippen LogP contribution in [0.25, 0.3) is 5.69 Å². The second kappa shape index (κ2) is 8.79. The van der Waals surface area contributed by atoms with Gasteiger partial charge >= 0.3 is 0 Å². The molecule has 6 nitrogen and oxygen atoms in total. The Bertz CT molecular complexity index is 994. The number of hydrogen-bond donors (Lipinski definition) is 1. The number of benzene rings is 2. The van der Waals surface area contributed by atoms with Crippen molar-refractivity contribution in [2.24, 2.45) is 0 Å². The highest BCUT2D eigenvalue weighted by molar-refractivity contribution is 5.64. The molecular weight excluding hydrogens is 388 g/mol. The van der Waals surface area contributed by atoms with E-state index in [1.54, 1.807) is 0 Å². The van der Waals surface area contributed by atoms with Gasteiger partial charge in [-0.2, -0.15) is 4.98 Å². The summed E-state index contributed by atoms with van der Waals surface area (Å²) in [5.41, 5.74) is 3.39. The van der Waals surface area contributed by atoms with Crippen molar-refractivity contribution < 1.29 is 13.5 Å². The van der Waals surface area contributed by atoms with Crippen molar-refractivity contribution in [1.82, 2.24) is 14.8 Å². The van der Waals surface area contributed by atoms with Gasteiger partial charge in [0.2, 0.25) is 5.95 Å². The van der Waals surface area contributed by atoms with E-state index in [1.807, 2.05) is 19.9 Å². The van der Waals surface area contributed by atoms with E-state index in [2.05, 4.69) is 32.4 Å². The van der Waals surface area contributed by atoms with Crippen molar-refractivity contribution in [2.45, 2.75) is 32.8 Å². The molecule has 1 fully saturated rings. The van der Waals surface area contributed by atoms with Crippen LogP contribution in [0.1, 0.15) is 25.3 Å². The second-order valence-corrected chi connectivity index (χ2v) is 7.46. The molecule has 1 aliphatic rings. The third kappa shape index (κ3) is 4.76. The maximum absolute atomic E-state index is 13.5. The number of rotatable bonds is 6. The SMILES string of the molecule is CCOC1CCN(c2cc(C)cc(Nc3ncn(-c4cc(F)cc(F)c4)n3)c2)CC1. The van der Waals surface area contributed by atoms with Crippen LogP contribution in [0.4, 0.5) is 26.1 Å². The first kappa shape index (κ1) is 20.3. The van der Waals surface area contributed by atoms with Gasteiger partial charge in [-0.05, 0) is 62.6 Å². The fourth-order valence-corrected chi connectivity index (χ4v) is 3.78. The van der Waals surface area contributed by atoms with Crippen molar-refractivity contribution in [3.63, 3.8) is 0 Å². The van der Waals surface area contributed by atoms with Crippen LogP contribution in [0.15, 0.2) is 42.7 Å². The fourth-order valence-electron chi connectivity index (χ4n) is 3.78. The first-order chi connectivity index (χ1) is 14.5. The van der Waals surface area contributed by atoms with E-state index >= 15 is 0 Å². The van der Waals surface area contributed by atoms with E-state index in [1.165, 1.54) is 23.1 Å². The normalized spacial score (nSPS) is 14.9. The van der Waals surface area contributed by atoms with Crippen LogP contribution in [0.2, 0.25) is 0 Å². The van der Waals surface area contributed by atoms with Gasteiger partial charge in [-0.15, -0.1) is 5.10 Å². The molecule has 0 aliphatic carbocycles. The van der Waals surface area contributed by atoms with Crippen LogP contribution >= 0.6 is 0 Å². The maximum Gasteiger partial charge on any atom is 0.246 e. The van der Waals surface area contributed by atoms with Crippen LogP contribution in [0.5, 0.6) is 0 Å². The highest BCUT2D eigenvalue weighted by Crippen LogP contribution is 2.27. The molecule has 2 aromatic carbocycles. The van der Waals surface area contributed by atoms with E-state index in [-0.39, 0.29) is 5.69 Å². The third-order valence-corrected chi connectivity index (χ3v) is 5.13. The predicted octanol–water partition coefficient (Wildman–Crippen LogP) is 4.60. The Morgan fingerprint density at radius 3 is 2.47 bits per heavy atom. The molecule has 1 aromatic heterocycles. The van der Waals surface area contributed by atoms with E-state index < -0.39 is 11.6 Å². The lowest BCUT2D eigenvalue weighted by molar-refractivity contribution is 0.0459. The summed E-state index contributed by atoms with van der Waals surface area (Å²) in [5, 5.41) is 7.48. The summed E-state index contributed by atoms with van der Waals surface area (Å²) in [6.45, 7) is 6.73. The zero-order chi connectivity index (χ0) is 21.1. The number of nitrogens with one attached hydrogen (secondary N) is 1. The first-order valence-electron chi connectivity index (χ1n) is 10.1. The van der Waals surface area contributed by atoms with Crippen LogP contribution in [-0.4, -0.2) is 40.6 Å². The van der Waals surface area contributed by atoms with Crippen LogP contribution in [0, 0.1) is 18.6 Å². The van der Waals surface area contributed by atoms with Gasteiger partial charge in [0, 0.05) is 37.1 Å². The quantitative estimate of drug-likeness (QED) is 0.640. The van der Waals surface area contributed by atoms with Gasteiger partial charge in [-0.1, -0.05) is 0 Å². The van der Waals surface area contributed by atoms with Gasteiger partial charge < -0.3 is 15.0 Å². The molecule has 0 spiro atoms. The molecule has 158 valence electrons. The number of nitrogens with zero attached hydrogens (tertiary/aromatic N) is 4. The van der Waals surface area contributed by atoms with Crippen LogP contribution in [-0.2, 0) is 4.74 Å². The Hall–Kier alpha value is -3.00. The number of anilines is 3. The average molecular weight is 413 g/mol. The van der Waals surface area contributed by atoms with Crippen molar-refractivity contribution in [2.75, 3.05) is 29.9 Å². The van der Waals surface area contributed by atoms with Gasteiger partial charge in [0.1, 0.15) is 18.0 Å². The van der Waals surface area contributed by atoms with Crippen LogP contribution < -0.4 is 10.2 Å². The molecule has 3 aromatic rings. The minimum atomic E-state index is -0.661. The molecule has 2 heterocycles. The van der Waals surface area contributed by atoms with Gasteiger partial charge in [0.15, 0.2) is 0 Å². The Labute approximate surface area is 174 Å². The van der Waals surface area contributed by atoms with E-state index in [0.717, 1.165) is 55.5 Å². The van der Waals surface area contributed by atoms with Crippen LogP contribution in [0.3, 0.4) is 0 Å². The third-order valence-electron chi connectivity index (χ3n) is 5.13. The second-order valence-electron chi connectivity index (χ2n) is 7.46. The Kier molecular flexibility index (Phi) is 5.94. The van der Waals surface area contributed by atoms with E-state index in [0.29, 0.717) is 12.1 Å². The smallest absolute Gasteiger partial charge is 0.246 e. The summed E-state index contributed by atoms with van der Waals surface area (Å²) in [4.78, 5) is 6.57. The molecule has 1 saturated heterocycles. The van der Waals surface area contributed by atoms with E-state index in [9.17, 15) is 8.78 Å². The number of aryl methyl sites for hydroxylation is 1. The lowest BCUT2D eigenvalue weighted by atomic mass is 10.1. The summed E-state index contributed by atoms with van der Waals surface area (Å²) < 4.78 is 34.0. The lowest BCUT2D eigenvalue weighted by Crippen LogP contribution is -2.37. The number of halogens is 2. The molecule has 30 heavy (non-hydrogen) atoms. The fraction of sp³-hybridized carbons (Fsp3) is 0.364. The highest BCUT2D eigenvalue weighted by Gasteiger charge is 2.20. The Morgan fingerprint density at radius 2 is 1.77 bits per heavy atom. The molecule has 4 rings (SSSR count). The van der Waals surface area contributed by atoms with Crippen molar-refractivity contribution in [1.29, 1.82) is 0 Å². The maximum atomic E-state index is 13.5. The summed E-state index contributed by atoms with van der Waals surface area (Å²) >= 11 is 0. The zero-order valence-electron chi connectivity index (χ0n) is 17.1. The molecule has 0 radical (unpaired) electrons. The standard InChI is InChI=1S/C22H25F2N5O/c1-3-30-21-4-6-28(7-5-21)19-9-15(2)8-18(13-19)26-22-25-14-29(27-22)20-11-16(23)10-17(24)12-20/h8-14,21H,3-7H2,1-2H3,(H,26,27). The minimum Gasteiger partial charge on any atom is -0.378 e. The highest BCUT2D eigenvalue weighted by atomic mass is 19.1. The van der Waals surface area contributed by atoms with Gasteiger partial charge in [0.05, 0.1) is 11.8 Å². The number of aromatic nitrogens is 3. The zero-order valence-corrected chi connectivity index (χ0v) is 17.1. The Morgan fingerprint density at radius 1 is 1.03 bits per heavy atom. The molecule has 0 atom stereocenters. The van der Waals surface area contributed by atoms with Gasteiger partial charge in [0.25, 0.3) is 0 Å². The van der Waals surface area contributed by atoms with Gasteiger partial charge in [-0.25, -0.2) is 13.5 Å². The molecule has 1 N–H and O–H groups in total. The summed E-state index contributed by atoms with van der Waals surface area (Å²) in [7, 11) is 0. The molecule has 8 heteroatoms. The molecular formula is C22H25F2N5O. The summed E-state index contributed by atoms with van der Waals surface area (Å²) in [6, 6.07) is 9.48. The van der Waals surface area contributed by atoms with Crippen molar-refractivity contribution in [3.05, 3.63) is 59.9 Å². The molecule has 0 unspecified atom stereocenters. The van der Waals surface area contributed by atoms with Gasteiger partial charge in [-0.3, -0.25) is 0 Å². The molecule has 1 aliphatic heterocycles. The lowest BCUT2D eigenvalue weighted by Gasteiger charge is -2.33. The van der Waals surface area contributed by atoms with E-state index in [4.69, 9.17) is 4.74 Å². The Balaban J connectivity index is 1.48. The number of ether oxygens (including phenoxy) is 1. The first-order valence-corrected chi connectivity index (χ1v) is 10.1. The summed E-state index contributed by atoms with van der Waals surface area (Å²) in [6.07, 6.45) is 3.79. The predicted molar refractivity (Wildman–Crippen MR) is 113 cm³/mol. The molecule has 0 bridgehead atoms. The number of piperidine rings is 1. The van der Waals surface area contributed by atoms with Crippen molar-refractivity contribution >= 4 is 17.3 Å². The number of hydrogen-bond acceptors (Lipinski definition) is 5. The monoisotopic (exact) mass is 413 g/mol. The topological polar surface area (TPSA) is 55.2 Å². The largest absolute Gasteiger partial charge is 0.378 e. The summed E-state index contributed by atoms with van der Waals surface area (Å²) in [5.74, 6) is -0.968.